The lowest BCUT2D eigenvalue weighted by Gasteiger charge is -2.26. The second-order valence-electron chi connectivity index (χ2n) is 4.29. The van der Waals surface area contributed by atoms with Crippen LogP contribution in [-0.4, -0.2) is 46.0 Å². The summed E-state index contributed by atoms with van der Waals surface area (Å²) in [6.07, 6.45) is 0. The van der Waals surface area contributed by atoms with Gasteiger partial charge in [-0.3, -0.25) is 0 Å². The van der Waals surface area contributed by atoms with Gasteiger partial charge in [0.15, 0.2) is 0 Å². The fraction of sp³-hybridized carbons (Fsp3) is 0.500. The minimum Gasteiger partial charge on any atom is -0.496 e. The van der Waals surface area contributed by atoms with Gasteiger partial charge in [0.25, 0.3) is 0 Å². The zero-order valence-corrected chi connectivity index (χ0v) is 11.5. The highest BCUT2D eigenvalue weighted by molar-refractivity contribution is 7.89. The summed E-state index contributed by atoms with van der Waals surface area (Å²) < 4.78 is 31.5. The number of hydrogen-bond acceptors (Lipinski definition) is 4. The molecule has 1 fully saturated rings. The molecule has 6 heteroatoms. The van der Waals surface area contributed by atoms with E-state index in [2.05, 4.69) is 5.32 Å². The van der Waals surface area contributed by atoms with Crippen LogP contribution in [0.15, 0.2) is 23.1 Å². The van der Waals surface area contributed by atoms with Crippen molar-refractivity contribution in [1.82, 2.24) is 9.62 Å². The van der Waals surface area contributed by atoms with Gasteiger partial charge in [-0.05, 0) is 18.6 Å². The first-order valence-electron chi connectivity index (χ1n) is 5.91. The molecule has 1 heterocycles. The van der Waals surface area contributed by atoms with Crippen LogP contribution in [0.1, 0.15) is 5.56 Å². The Labute approximate surface area is 108 Å². The van der Waals surface area contributed by atoms with Gasteiger partial charge in [0.1, 0.15) is 5.75 Å². The fourth-order valence-corrected chi connectivity index (χ4v) is 3.45. The van der Waals surface area contributed by atoms with E-state index >= 15 is 0 Å². The molecular weight excluding hydrogens is 252 g/mol. The third-order valence-corrected chi connectivity index (χ3v) is 4.99. The van der Waals surface area contributed by atoms with E-state index in [1.807, 2.05) is 6.92 Å². The van der Waals surface area contributed by atoms with E-state index < -0.39 is 10.0 Å². The van der Waals surface area contributed by atoms with Gasteiger partial charge in [0.05, 0.1) is 12.0 Å². The Morgan fingerprint density at radius 3 is 2.56 bits per heavy atom. The number of nitrogens with one attached hydrogen (secondary N) is 1. The standard InChI is InChI=1S/C12H18N2O3S/c1-10-3-4-11(9-12(10)17-2)18(15,16)14-7-5-13-6-8-14/h3-4,9,13H,5-8H2,1-2H3. The van der Waals surface area contributed by atoms with E-state index in [1.165, 1.54) is 4.31 Å². The molecule has 0 aliphatic carbocycles. The largest absolute Gasteiger partial charge is 0.496 e. The Hall–Kier alpha value is -1.11. The molecule has 0 unspecified atom stereocenters. The molecule has 0 amide bonds. The van der Waals surface area contributed by atoms with Gasteiger partial charge >= 0.3 is 0 Å². The molecule has 1 aromatic carbocycles. The summed E-state index contributed by atoms with van der Waals surface area (Å²) >= 11 is 0. The SMILES string of the molecule is COc1cc(S(=O)(=O)N2CCNCC2)ccc1C. The van der Waals surface area contributed by atoms with Gasteiger partial charge in [-0.2, -0.15) is 4.31 Å². The van der Waals surface area contributed by atoms with Crippen molar-refractivity contribution in [3.05, 3.63) is 23.8 Å². The monoisotopic (exact) mass is 270 g/mol. The van der Waals surface area contributed by atoms with Crippen LogP contribution in [0, 0.1) is 6.92 Å². The predicted octanol–water partition coefficient (Wildman–Crippen LogP) is 0.598. The number of nitrogens with zero attached hydrogens (tertiary/aromatic N) is 1. The summed E-state index contributed by atoms with van der Waals surface area (Å²) in [7, 11) is -1.85. The second-order valence-corrected chi connectivity index (χ2v) is 6.22. The van der Waals surface area contributed by atoms with Crippen molar-refractivity contribution in [2.75, 3.05) is 33.3 Å². The van der Waals surface area contributed by atoms with Crippen LogP contribution >= 0.6 is 0 Å². The van der Waals surface area contributed by atoms with Crippen LogP contribution < -0.4 is 10.1 Å². The molecule has 1 N–H and O–H groups in total. The molecule has 1 saturated heterocycles. The summed E-state index contributed by atoms with van der Waals surface area (Å²) in [5, 5.41) is 3.14. The van der Waals surface area contributed by atoms with Crippen LogP contribution in [0.3, 0.4) is 0 Å². The van der Waals surface area contributed by atoms with E-state index in [1.54, 1.807) is 25.3 Å². The third kappa shape index (κ3) is 2.50. The van der Waals surface area contributed by atoms with Gasteiger partial charge in [-0.25, -0.2) is 8.42 Å². The summed E-state index contributed by atoms with van der Waals surface area (Å²) in [6.45, 7) is 4.31. The summed E-state index contributed by atoms with van der Waals surface area (Å²) in [5.41, 5.74) is 0.928. The van der Waals surface area contributed by atoms with E-state index in [9.17, 15) is 8.42 Å². The molecule has 0 bridgehead atoms. The Morgan fingerprint density at radius 1 is 1.28 bits per heavy atom. The van der Waals surface area contributed by atoms with E-state index in [0.717, 1.165) is 5.56 Å². The molecule has 0 radical (unpaired) electrons. The number of piperazine rings is 1. The number of aryl methyl sites for hydroxylation is 1. The summed E-state index contributed by atoms with van der Waals surface area (Å²) in [6, 6.07) is 5.00. The Kier molecular flexibility index (Phi) is 3.89. The van der Waals surface area contributed by atoms with Crippen molar-refractivity contribution in [3.63, 3.8) is 0 Å². The van der Waals surface area contributed by atoms with Crippen LogP contribution in [0.25, 0.3) is 0 Å². The van der Waals surface area contributed by atoms with Crippen molar-refractivity contribution in [3.8, 4) is 5.75 Å². The van der Waals surface area contributed by atoms with Crippen molar-refractivity contribution in [1.29, 1.82) is 0 Å². The van der Waals surface area contributed by atoms with Crippen molar-refractivity contribution < 1.29 is 13.2 Å². The first-order chi connectivity index (χ1) is 8.55. The topological polar surface area (TPSA) is 58.6 Å². The lowest BCUT2D eigenvalue weighted by molar-refractivity contribution is 0.359. The maximum atomic E-state index is 12.4. The maximum absolute atomic E-state index is 12.4. The molecule has 0 spiro atoms. The number of benzene rings is 1. The number of ether oxygens (including phenoxy) is 1. The van der Waals surface area contributed by atoms with Gasteiger partial charge in [0.2, 0.25) is 10.0 Å². The quantitative estimate of drug-likeness (QED) is 0.873. The Morgan fingerprint density at radius 2 is 1.94 bits per heavy atom. The van der Waals surface area contributed by atoms with Gasteiger partial charge in [-0.15, -0.1) is 0 Å². The van der Waals surface area contributed by atoms with E-state index in [-0.39, 0.29) is 0 Å². The first kappa shape index (κ1) is 13.3. The van der Waals surface area contributed by atoms with Crippen LogP contribution in [-0.2, 0) is 10.0 Å². The highest BCUT2D eigenvalue weighted by Crippen LogP contribution is 2.24. The number of methoxy groups -OCH3 is 1. The molecule has 5 nitrogen and oxygen atoms in total. The third-order valence-electron chi connectivity index (χ3n) is 3.09. The summed E-state index contributed by atoms with van der Waals surface area (Å²) in [5.74, 6) is 0.603. The van der Waals surface area contributed by atoms with Gasteiger partial charge in [0, 0.05) is 32.2 Å². The van der Waals surface area contributed by atoms with Crippen LogP contribution in [0.5, 0.6) is 5.75 Å². The number of hydrogen-bond donors (Lipinski definition) is 1. The van der Waals surface area contributed by atoms with Crippen LogP contribution in [0.4, 0.5) is 0 Å². The number of sulfonamides is 1. The fourth-order valence-electron chi connectivity index (χ4n) is 1.99. The molecule has 1 aliphatic heterocycles. The number of rotatable bonds is 3. The molecule has 18 heavy (non-hydrogen) atoms. The molecule has 1 aromatic rings. The molecule has 2 rings (SSSR count). The van der Waals surface area contributed by atoms with E-state index in [4.69, 9.17) is 4.74 Å². The minimum atomic E-state index is -3.40. The predicted molar refractivity (Wildman–Crippen MR) is 69.4 cm³/mol. The molecule has 100 valence electrons. The smallest absolute Gasteiger partial charge is 0.243 e. The average Bonchev–Trinajstić information content (AvgIpc) is 2.40. The van der Waals surface area contributed by atoms with E-state index in [0.29, 0.717) is 36.8 Å². The molecule has 0 atom stereocenters. The highest BCUT2D eigenvalue weighted by atomic mass is 32.2. The zero-order chi connectivity index (χ0) is 13.2. The Bertz CT molecular complexity index is 522. The first-order valence-corrected chi connectivity index (χ1v) is 7.35. The molecule has 1 aliphatic rings. The normalized spacial score (nSPS) is 17.7. The maximum Gasteiger partial charge on any atom is 0.243 e. The van der Waals surface area contributed by atoms with Gasteiger partial charge < -0.3 is 10.1 Å². The van der Waals surface area contributed by atoms with Crippen molar-refractivity contribution in [2.45, 2.75) is 11.8 Å². The lowest BCUT2D eigenvalue weighted by atomic mass is 10.2. The highest BCUT2D eigenvalue weighted by Gasteiger charge is 2.26. The zero-order valence-electron chi connectivity index (χ0n) is 10.6. The Balaban J connectivity index is 2.34. The second kappa shape index (κ2) is 5.26. The van der Waals surface area contributed by atoms with Crippen LogP contribution in [0.2, 0.25) is 0 Å². The lowest BCUT2D eigenvalue weighted by Crippen LogP contribution is -2.46. The summed E-state index contributed by atoms with van der Waals surface area (Å²) in [4.78, 5) is 0.298. The van der Waals surface area contributed by atoms with Gasteiger partial charge in [-0.1, -0.05) is 6.07 Å². The average molecular weight is 270 g/mol. The molecular formula is C12H18N2O3S. The minimum absolute atomic E-state index is 0.298. The molecule has 0 saturated carbocycles. The molecule has 0 aromatic heterocycles. The van der Waals surface area contributed by atoms with Crippen molar-refractivity contribution >= 4 is 10.0 Å². The van der Waals surface area contributed by atoms with Crippen molar-refractivity contribution in [2.24, 2.45) is 0 Å².